The minimum absolute atomic E-state index is 0.658. The van der Waals surface area contributed by atoms with Gasteiger partial charge in [-0.15, -0.1) is 6.58 Å². The molecule has 10 heavy (non-hydrogen) atoms. The molecule has 0 bridgehead atoms. The van der Waals surface area contributed by atoms with Crippen LogP contribution in [0.5, 0.6) is 0 Å². The molecule has 0 saturated carbocycles. The molecule has 1 unspecified atom stereocenters. The maximum atomic E-state index is 3.84. The largest absolute Gasteiger partial charge is 0.288 e. The molecular weight excluding hydrogens is 237 g/mol. The van der Waals surface area contributed by atoms with Gasteiger partial charge in [0.2, 0.25) is 0 Å². The highest BCUT2D eigenvalue weighted by molar-refractivity contribution is 14.1. The molecule has 0 aromatic heterocycles. The summed E-state index contributed by atoms with van der Waals surface area (Å²) < 4.78 is 1.15. The molecule has 0 aromatic carbocycles. The second kappa shape index (κ2) is 4.34. The molecule has 1 heterocycles. The van der Waals surface area contributed by atoms with Crippen molar-refractivity contribution in [3.63, 3.8) is 0 Å². The van der Waals surface area contributed by atoms with E-state index in [1.165, 1.54) is 25.8 Å². The molecular formula is C8H14IN. The zero-order valence-electron chi connectivity index (χ0n) is 6.22. The summed E-state index contributed by atoms with van der Waals surface area (Å²) in [6.45, 7) is 5.10. The molecule has 1 aliphatic rings. The average Bonchev–Trinajstić information content (AvgIpc) is 2.04. The lowest BCUT2D eigenvalue weighted by molar-refractivity contribution is 0.217. The molecule has 0 N–H and O–H groups in total. The zero-order valence-corrected chi connectivity index (χ0v) is 8.38. The lowest BCUT2D eigenvalue weighted by Gasteiger charge is -2.31. The number of piperidine rings is 1. The van der Waals surface area contributed by atoms with E-state index >= 15 is 0 Å². The van der Waals surface area contributed by atoms with Crippen LogP contribution in [0.25, 0.3) is 0 Å². The number of hydrogen-bond donors (Lipinski definition) is 0. The lowest BCUT2D eigenvalue weighted by atomic mass is 10.0. The summed E-state index contributed by atoms with van der Waals surface area (Å²) >= 11 is 2.42. The molecule has 58 valence electrons. The van der Waals surface area contributed by atoms with Gasteiger partial charge in [-0.1, -0.05) is 35.1 Å². The Hall–Kier alpha value is 0.430. The molecule has 0 radical (unpaired) electrons. The normalized spacial score (nSPS) is 28.3. The van der Waals surface area contributed by atoms with Crippen LogP contribution in [-0.4, -0.2) is 22.0 Å². The molecule has 0 spiro atoms. The molecule has 0 aromatic rings. The minimum Gasteiger partial charge on any atom is -0.288 e. The number of hydrogen-bond acceptors (Lipinski definition) is 1. The molecule has 0 aliphatic carbocycles. The second-order valence-corrected chi connectivity index (χ2v) is 3.41. The van der Waals surface area contributed by atoms with Crippen molar-refractivity contribution in [2.45, 2.75) is 25.3 Å². The van der Waals surface area contributed by atoms with Gasteiger partial charge in [0, 0.05) is 6.04 Å². The molecule has 1 atom stereocenters. The van der Waals surface area contributed by atoms with E-state index in [1.54, 1.807) is 0 Å². The SMILES string of the molecule is C=CC1CCCCN1CI. The summed E-state index contributed by atoms with van der Waals surface area (Å²) in [4.78, 5) is 2.48. The van der Waals surface area contributed by atoms with Crippen molar-refractivity contribution in [1.29, 1.82) is 0 Å². The van der Waals surface area contributed by atoms with E-state index in [4.69, 9.17) is 0 Å². The van der Waals surface area contributed by atoms with E-state index in [1.807, 2.05) is 0 Å². The van der Waals surface area contributed by atoms with Crippen molar-refractivity contribution in [3.05, 3.63) is 12.7 Å². The van der Waals surface area contributed by atoms with Gasteiger partial charge in [0.1, 0.15) is 0 Å². The number of nitrogens with zero attached hydrogens (tertiary/aromatic N) is 1. The number of likely N-dealkylation sites (tertiary alicyclic amines) is 1. The van der Waals surface area contributed by atoms with Crippen molar-refractivity contribution in [2.24, 2.45) is 0 Å². The van der Waals surface area contributed by atoms with E-state index in [0.717, 1.165) is 4.55 Å². The summed E-state index contributed by atoms with van der Waals surface area (Å²) in [5.41, 5.74) is 0. The van der Waals surface area contributed by atoms with Crippen LogP contribution in [-0.2, 0) is 0 Å². The summed E-state index contributed by atoms with van der Waals surface area (Å²) in [6, 6.07) is 0.658. The first kappa shape index (κ1) is 8.53. The Labute approximate surface area is 76.6 Å². The standard InChI is InChI=1S/C8H14IN/c1-2-8-5-3-4-6-10(8)7-9/h2,8H,1,3-7H2. The molecule has 1 aliphatic heterocycles. The number of alkyl halides is 1. The van der Waals surface area contributed by atoms with Crippen LogP contribution >= 0.6 is 22.6 Å². The fraction of sp³-hybridized carbons (Fsp3) is 0.750. The fourth-order valence-electron chi connectivity index (χ4n) is 1.43. The summed E-state index contributed by atoms with van der Waals surface area (Å²) in [7, 11) is 0. The molecule has 1 fully saturated rings. The third-order valence-electron chi connectivity index (χ3n) is 2.09. The Bertz CT molecular complexity index is 114. The van der Waals surface area contributed by atoms with Gasteiger partial charge in [-0.3, -0.25) is 4.90 Å². The second-order valence-electron chi connectivity index (χ2n) is 2.73. The van der Waals surface area contributed by atoms with Gasteiger partial charge in [-0.05, 0) is 19.4 Å². The Kier molecular flexibility index (Phi) is 3.70. The predicted molar refractivity (Wildman–Crippen MR) is 53.4 cm³/mol. The molecule has 1 saturated heterocycles. The summed E-state index contributed by atoms with van der Waals surface area (Å²) in [6.07, 6.45) is 6.14. The zero-order chi connectivity index (χ0) is 7.40. The fourth-order valence-corrected chi connectivity index (χ4v) is 2.28. The Morgan fingerprint density at radius 1 is 1.60 bits per heavy atom. The Morgan fingerprint density at radius 2 is 2.40 bits per heavy atom. The number of halogens is 1. The van der Waals surface area contributed by atoms with Crippen LogP contribution in [0.3, 0.4) is 0 Å². The topological polar surface area (TPSA) is 3.24 Å². The van der Waals surface area contributed by atoms with Crippen molar-refractivity contribution < 1.29 is 0 Å². The lowest BCUT2D eigenvalue weighted by Crippen LogP contribution is -2.36. The van der Waals surface area contributed by atoms with Crippen molar-refractivity contribution in [2.75, 3.05) is 11.1 Å². The van der Waals surface area contributed by atoms with Gasteiger partial charge < -0.3 is 0 Å². The van der Waals surface area contributed by atoms with Crippen molar-refractivity contribution in [1.82, 2.24) is 4.90 Å². The van der Waals surface area contributed by atoms with Crippen LogP contribution < -0.4 is 0 Å². The first-order chi connectivity index (χ1) is 4.88. The quantitative estimate of drug-likeness (QED) is 0.315. The molecule has 1 nitrogen and oxygen atoms in total. The van der Waals surface area contributed by atoms with Crippen LogP contribution in [0, 0.1) is 0 Å². The van der Waals surface area contributed by atoms with Crippen LogP contribution in [0.15, 0.2) is 12.7 Å². The molecule has 1 rings (SSSR count). The van der Waals surface area contributed by atoms with Crippen LogP contribution in [0.4, 0.5) is 0 Å². The smallest absolute Gasteiger partial charge is 0.0511 e. The maximum Gasteiger partial charge on any atom is 0.0511 e. The van der Waals surface area contributed by atoms with Gasteiger partial charge in [-0.25, -0.2) is 0 Å². The van der Waals surface area contributed by atoms with Crippen LogP contribution in [0.2, 0.25) is 0 Å². The Morgan fingerprint density at radius 3 is 2.90 bits per heavy atom. The summed E-state index contributed by atoms with van der Waals surface area (Å²) in [5.74, 6) is 0. The first-order valence-corrected chi connectivity index (χ1v) is 5.33. The van der Waals surface area contributed by atoms with Crippen molar-refractivity contribution >= 4 is 22.6 Å². The Balaban J connectivity index is 2.41. The maximum absolute atomic E-state index is 3.84. The predicted octanol–water partition coefficient (Wildman–Crippen LogP) is 2.42. The summed E-state index contributed by atoms with van der Waals surface area (Å²) in [5, 5.41) is 0. The highest BCUT2D eigenvalue weighted by atomic mass is 127. The van der Waals surface area contributed by atoms with E-state index in [0.29, 0.717) is 6.04 Å². The van der Waals surface area contributed by atoms with Crippen LogP contribution in [0.1, 0.15) is 19.3 Å². The van der Waals surface area contributed by atoms with Gasteiger partial charge in [0.05, 0.1) is 4.55 Å². The highest BCUT2D eigenvalue weighted by Crippen LogP contribution is 2.17. The minimum atomic E-state index is 0.658. The van der Waals surface area contributed by atoms with E-state index in [9.17, 15) is 0 Å². The van der Waals surface area contributed by atoms with Gasteiger partial charge in [0.15, 0.2) is 0 Å². The van der Waals surface area contributed by atoms with Gasteiger partial charge >= 0.3 is 0 Å². The van der Waals surface area contributed by atoms with Gasteiger partial charge in [-0.2, -0.15) is 0 Å². The van der Waals surface area contributed by atoms with Gasteiger partial charge in [0.25, 0.3) is 0 Å². The third-order valence-corrected chi connectivity index (χ3v) is 2.97. The highest BCUT2D eigenvalue weighted by Gasteiger charge is 2.17. The average molecular weight is 251 g/mol. The van der Waals surface area contributed by atoms with E-state index < -0.39 is 0 Å². The first-order valence-electron chi connectivity index (χ1n) is 3.81. The molecule has 2 heteroatoms. The van der Waals surface area contributed by atoms with E-state index in [-0.39, 0.29) is 0 Å². The molecule has 0 amide bonds. The third kappa shape index (κ3) is 1.95. The van der Waals surface area contributed by atoms with Crippen molar-refractivity contribution in [3.8, 4) is 0 Å². The monoisotopic (exact) mass is 251 g/mol. The van der Waals surface area contributed by atoms with E-state index in [2.05, 4.69) is 40.1 Å². The number of rotatable bonds is 2.